The summed E-state index contributed by atoms with van der Waals surface area (Å²) >= 11 is 0. The van der Waals surface area contributed by atoms with Crippen LogP contribution in [0.25, 0.3) is 100 Å². The van der Waals surface area contributed by atoms with Crippen LogP contribution in [0.3, 0.4) is 0 Å². The Hall–Kier alpha value is -6.85. The number of furan rings is 2. The normalized spacial score (nSPS) is 15.8. The van der Waals surface area contributed by atoms with Crippen LogP contribution in [0, 0.1) is 0 Å². The molecule has 0 bridgehead atoms. The summed E-state index contributed by atoms with van der Waals surface area (Å²) in [7, 11) is 0. The molecule has 10 rings (SSSR count). The Morgan fingerprint density at radius 3 is 1.96 bits per heavy atom. The maximum absolute atomic E-state index is 9.52. The lowest BCUT2D eigenvalue weighted by Gasteiger charge is -2.10. The molecule has 0 atom stereocenters. The summed E-state index contributed by atoms with van der Waals surface area (Å²) in [6.07, 6.45) is 0. The average Bonchev–Trinajstić information content (AvgIpc) is 3.90. The van der Waals surface area contributed by atoms with Crippen molar-refractivity contribution in [2.24, 2.45) is 0 Å². The van der Waals surface area contributed by atoms with E-state index in [9.17, 15) is 6.85 Å². The molecule has 5 heteroatoms. The molecule has 50 heavy (non-hydrogen) atoms. The van der Waals surface area contributed by atoms with Gasteiger partial charge in [-0.15, -0.1) is 0 Å². The third-order valence-electron chi connectivity index (χ3n) is 8.21. The molecule has 0 amide bonds. The molecule has 3 aromatic heterocycles. The molecule has 3 heterocycles. The molecular weight excluding hydrogens is 615 g/mol. The molecule has 10 aromatic rings. The van der Waals surface area contributed by atoms with E-state index in [-0.39, 0.29) is 33.8 Å². The summed E-state index contributed by atoms with van der Waals surface area (Å²) in [6.45, 7) is 0. The van der Waals surface area contributed by atoms with Crippen LogP contribution in [0.5, 0.6) is 0 Å². The van der Waals surface area contributed by atoms with Gasteiger partial charge >= 0.3 is 0 Å². The van der Waals surface area contributed by atoms with Crippen molar-refractivity contribution < 1.29 is 29.4 Å². The maximum Gasteiger partial charge on any atom is 0.164 e. The second-order valence-corrected chi connectivity index (χ2v) is 11.2. The molecule has 0 unspecified atom stereocenters. The largest absolute Gasteiger partial charge is 0.456 e. The Morgan fingerprint density at radius 2 is 1.08 bits per heavy atom. The zero-order valence-corrected chi connectivity index (χ0v) is 25.6. The topological polar surface area (TPSA) is 65.0 Å². The van der Waals surface area contributed by atoms with Gasteiger partial charge in [-0.1, -0.05) is 133 Å². The SMILES string of the molecule is [2H]c1c([2H])c(-c2nc(-c3ccccc3)nc(-c3ccc4c(c3)oc3ccccc34)n2)c([2H])c(-c2c([2H])c([2H])c(-c3c([2H])c([2H])c([2H])c4c3oc3c([2H])c([2H])c([2H])c([2H])c34)c([2H])c2[2H])c1[2H]. The Bertz CT molecular complexity index is 3710. The zero-order valence-electron chi connectivity index (χ0n) is 40.6. The van der Waals surface area contributed by atoms with Crippen LogP contribution in [-0.2, 0) is 0 Å². The average molecular weight is 657 g/mol. The number of aromatic nitrogens is 3. The first-order valence-electron chi connectivity index (χ1n) is 22.9. The van der Waals surface area contributed by atoms with Crippen molar-refractivity contribution in [1.29, 1.82) is 0 Å². The number of fused-ring (bicyclic) bond motifs is 6. The molecule has 0 saturated carbocycles. The van der Waals surface area contributed by atoms with Crippen LogP contribution in [0.2, 0.25) is 0 Å². The van der Waals surface area contributed by atoms with E-state index in [1.54, 1.807) is 42.5 Å². The molecule has 0 spiro atoms. The Balaban J connectivity index is 1.21. The van der Waals surface area contributed by atoms with Gasteiger partial charge in [0, 0.05) is 43.8 Å². The van der Waals surface area contributed by atoms with Crippen molar-refractivity contribution in [3.63, 3.8) is 0 Å². The Morgan fingerprint density at radius 1 is 0.400 bits per heavy atom. The van der Waals surface area contributed by atoms with Gasteiger partial charge in [-0.2, -0.15) is 0 Å². The quantitative estimate of drug-likeness (QED) is 0.184. The lowest BCUT2D eigenvalue weighted by Crippen LogP contribution is -2.00. The lowest BCUT2D eigenvalue weighted by atomic mass is 9.98. The highest BCUT2D eigenvalue weighted by atomic mass is 16.3. The molecule has 0 aliphatic carbocycles. The lowest BCUT2D eigenvalue weighted by molar-refractivity contribution is 0.669. The van der Waals surface area contributed by atoms with E-state index in [0.29, 0.717) is 22.3 Å². The highest BCUT2D eigenvalue weighted by Crippen LogP contribution is 2.37. The second-order valence-electron chi connectivity index (χ2n) is 11.2. The third-order valence-corrected chi connectivity index (χ3v) is 8.21. The summed E-state index contributed by atoms with van der Waals surface area (Å²) in [5, 5.41) is 1.17. The maximum atomic E-state index is 9.52. The molecule has 0 fully saturated rings. The minimum absolute atomic E-state index is 0.107. The van der Waals surface area contributed by atoms with Crippen molar-refractivity contribution in [2.75, 3.05) is 0 Å². The summed E-state index contributed by atoms with van der Waals surface area (Å²) in [5.74, 6) is -0.0154. The van der Waals surface area contributed by atoms with Crippen molar-refractivity contribution in [3.05, 3.63) is 163 Å². The van der Waals surface area contributed by atoms with E-state index in [4.69, 9.17) is 27.5 Å². The molecule has 234 valence electrons. The van der Waals surface area contributed by atoms with Crippen molar-refractivity contribution in [2.45, 2.75) is 0 Å². The van der Waals surface area contributed by atoms with Crippen LogP contribution < -0.4 is 0 Å². The van der Waals surface area contributed by atoms with E-state index < -0.39 is 124 Å². The van der Waals surface area contributed by atoms with E-state index in [2.05, 4.69) is 9.97 Å². The fourth-order valence-corrected chi connectivity index (χ4v) is 5.85. The molecule has 0 radical (unpaired) electrons. The summed E-state index contributed by atoms with van der Waals surface area (Å²) in [5.41, 5.74) is -1.23. The standard InChI is InChI=1S/C45H27N3O2/c1-2-10-30(11-3-1)43-46-44(48-45(47-43)33-24-25-37-35-14-4-6-18-39(35)49-41(37)27-33)32-13-8-12-31(26-32)28-20-22-29(23-21-28)34-16-9-17-38-36-15-5-7-19-40(36)50-42(34)38/h1-27H/i5D,7D,8D,9D,12D,13D,15D,16D,17D,19D,20D,21D,22D,23D,26D. The summed E-state index contributed by atoms with van der Waals surface area (Å²) in [4.78, 5) is 14.1. The van der Waals surface area contributed by atoms with Crippen LogP contribution in [0.15, 0.2) is 172 Å². The molecule has 0 aliphatic heterocycles. The van der Waals surface area contributed by atoms with Gasteiger partial charge in [0.15, 0.2) is 17.5 Å². The van der Waals surface area contributed by atoms with Crippen LogP contribution in [0.1, 0.15) is 20.6 Å². The number of benzene rings is 7. The van der Waals surface area contributed by atoms with E-state index in [1.807, 2.05) is 30.3 Å². The first-order valence-corrected chi connectivity index (χ1v) is 15.4. The molecular formula is C45H27N3O2. The van der Waals surface area contributed by atoms with Gasteiger partial charge in [0.05, 0.1) is 20.6 Å². The van der Waals surface area contributed by atoms with Gasteiger partial charge in [0.1, 0.15) is 22.3 Å². The molecule has 5 nitrogen and oxygen atoms in total. The Labute approximate surface area is 308 Å². The highest BCUT2D eigenvalue weighted by Gasteiger charge is 2.16. The van der Waals surface area contributed by atoms with Crippen molar-refractivity contribution >= 4 is 43.9 Å². The van der Waals surface area contributed by atoms with Gasteiger partial charge in [-0.25, -0.2) is 15.0 Å². The second kappa shape index (κ2) is 11.4. The number of para-hydroxylation sites is 3. The summed E-state index contributed by atoms with van der Waals surface area (Å²) in [6, 6.07) is 11.0. The van der Waals surface area contributed by atoms with E-state index in [0.717, 1.165) is 10.8 Å². The molecule has 0 N–H and O–H groups in total. The van der Waals surface area contributed by atoms with Gasteiger partial charge in [0.2, 0.25) is 0 Å². The third kappa shape index (κ3) is 4.75. The van der Waals surface area contributed by atoms with Gasteiger partial charge < -0.3 is 8.83 Å². The minimum Gasteiger partial charge on any atom is -0.456 e. The summed E-state index contributed by atoms with van der Waals surface area (Å²) < 4.78 is 145. The molecule has 0 saturated heterocycles. The van der Waals surface area contributed by atoms with Crippen LogP contribution in [-0.4, -0.2) is 15.0 Å². The smallest absolute Gasteiger partial charge is 0.164 e. The first-order chi connectivity index (χ1) is 31.0. The predicted octanol–water partition coefficient (Wildman–Crippen LogP) is 12.0. The highest BCUT2D eigenvalue weighted by molar-refractivity contribution is 6.09. The molecule has 7 aromatic carbocycles. The number of rotatable bonds is 5. The fraction of sp³-hybridized carbons (Fsp3) is 0. The number of nitrogens with zero attached hydrogens (tertiary/aromatic N) is 3. The van der Waals surface area contributed by atoms with E-state index in [1.165, 1.54) is 0 Å². The zero-order chi connectivity index (χ0) is 46.1. The van der Waals surface area contributed by atoms with Crippen LogP contribution >= 0.6 is 0 Å². The van der Waals surface area contributed by atoms with Gasteiger partial charge in [0.25, 0.3) is 0 Å². The Kier molecular flexibility index (Phi) is 3.87. The monoisotopic (exact) mass is 656 g/mol. The van der Waals surface area contributed by atoms with E-state index >= 15 is 0 Å². The predicted molar refractivity (Wildman–Crippen MR) is 202 cm³/mol. The number of hydrogen-bond acceptors (Lipinski definition) is 5. The van der Waals surface area contributed by atoms with Crippen molar-refractivity contribution in [1.82, 2.24) is 15.0 Å². The van der Waals surface area contributed by atoms with Gasteiger partial charge in [-0.05, 0) is 47.0 Å². The fourth-order valence-electron chi connectivity index (χ4n) is 5.85. The number of hydrogen-bond donors (Lipinski definition) is 0. The van der Waals surface area contributed by atoms with Crippen LogP contribution in [0.4, 0.5) is 0 Å². The minimum atomic E-state index is -0.832. The first kappa shape index (κ1) is 17.0. The van der Waals surface area contributed by atoms with Gasteiger partial charge in [-0.3, -0.25) is 0 Å². The van der Waals surface area contributed by atoms with Crippen molar-refractivity contribution in [3.8, 4) is 56.4 Å². The molecule has 0 aliphatic rings.